The van der Waals surface area contributed by atoms with Gasteiger partial charge in [0.15, 0.2) is 11.5 Å². The number of hydrogen-bond acceptors (Lipinski definition) is 6. The Balaban J connectivity index is 2.05. The second-order valence-corrected chi connectivity index (χ2v) is 5.64. The van der Waals surface area contributed by atoms with Crippen molar-refractivity contribution in [1.82, 2.24) is 10.6 Å². The molecule has 0 spiro atoms. The summed E-state index contributed by atoms with van der Waals surface area (Å²) in [6, 6.07) is 6.64. The molecule has 0 atom stereocenters. The molecule has 1 aromatic heterocycles. The lowest BCUT2D eigenvalue weighted by molar-refractivity contribution is -0.120. The summed E-state index contributed by atoms with van der Waals surface area (Å²) in [5.74, 6) is 1.18. The van der Waals surface area contributed by atoms with Gasteiger partial charge in [-0.2, -0.15) is 0 Å². The SMILES string of the molecule is CCOc1cc(C(=O)NCC(=O)NCc2ccco2)cc(OCC)c1OCC. The maximum atomic E-state index is 12.5. The van der Waals surface area contributed by atoms with Gasteiger partial charge in [0.25, 0.3) is 5.91 Å². The molecule has 2 N–H and O–H groups in total. The zero-order valence-electron chi connectivity index (χ0n) is 16.4. The van der Waals surface area contributed by atoms with E-state index < -0.39 is 5.91 Å². The summed E-state index contributed by atoms with van der Waals surface area (Å²) in [4.78, 5) is 24.4. The van der Waals surface area contributed by atoms with Crippen molar-refractivity contribution in [1.29, 1.82) is 0 Å². The first kappa shape index (κ1) is 21.1. The van der Waals surface area contributed by atoms with Crippen LogP contribution in [-0.2, 0) is 11.3 Å². The monoisotopic (exact) mass is 390 g/mol. The van der Waals surface area contributed by atoms with Gasteiger partial charge in [-0.15, -0.1) is 0 Å². The molecule has 152 valence electrons. The minimum Gasteiger partial charge on any atom is -0.490 e. The molecule has 2 rings (SSSR count). The van der Waals surface area contributed by atoms with Crippen LogP contribution in [0.4, 0.5) is 0 Å². The molecule has 0 aliphatic carbocycles. The summed E-state index contributed by atoms with van der Waals surface area (Å²) in [5, 5.41) is 5.25. The lowest BCUT2D eigenvalue weighted by atomic mass is 10.1. The van der Waals surface area contributed by atoms with Crippen molar-refractivity contribution in [2.24, 2.45) is 0 Å². The Morgan fingerprint density at radius 3 is 2.14 bits per heavy atom. The summed E-state index contributed by atoms with van der Waals surface area (Å²) in [6.07, 6.45) is 1.53. The third kappa shape index (κ3) is 5.94. The van der Waals surface area contributed by atoms with Crippen molar-refractivity contribution in [3.63, 3.8) is 0 Å². The predicted octanol–water partition coefficient (Wildman–Crippen LogP) is 2.52. The topological polar surface area (TPSA) is 99.0 Å². The average Bonchev–Trinajstić information content (AvgIpc) is 3.20. The highest BCUT2D eigenvalue weighted by Gasteiger charge is 2.18. The third-order valence-electron chi connectivity index (χ3n) is 3.62. The largest absolute Gasteiger partial charge is 0.490 e. The van der Waals surface area contributed by atoms with Crippen molar-refractivity contribution < 1.29 is 28.2 Å². The number of ether oxygens (including phenoxy) is 3. The summed E-state index contributed by atoms with van der Waals surface area (Å²) >= 11 is 0. The van der Waals surface area contributed by atoms with Gasteiger partial charge in [-0.25, -0.2) is 0 Å². The number of amides is 2. The molecule has 0 saturated heterocycles. The van der Waals surface area contributed by atoms with E-state index in [0.29, 0.717) is 48.4 Å². The smallest absolute Gasteiger partial charge is 0.251 e. The molecule has 8 nitrogen and oxygen atoms in total. The first-order chi connectivity index (χ1) is 13.6. The van der Waals surface area contributed by atoms with E-state index in [4.69, 9.17) is 18.6 Å². The van der Waals surface area contributed by atoms with Gasteiger partial charge < -0.3 is 29.3 Å². The summed E-state index contributed by atoms with van der Waals surface area (Å²) in [7, 11) is 0. The van der Waals surface area contributed by atoms with Crippen LogP contribution in [0.1, 0.15) is 36.9 Å². The minimum atomic E-state index is -0.418. The lowest BCUT2D eigenvalue weighted by Gasteiger charge is -2.17. The first-order valence-electron chi connectivity index (χ1n) is 9.22. The summed E-state index contributed by atoms with van der Waals surface area (Å²) in [5.41, 5.74) is 0.314. The van der Waals surface area contributed by atoms with E-state index >= 15 is 0 Å². The van der Waals surface area contributed by atoms with E-state index in [1.807, 2.05) is 20.8 Å². The standard InChI is InChI=1S/C20H26N2O6/c1-4-25-16-10-14(11-17(26-5-2)19(16)27-6-3)20(24)22-13-18(23)21-12-15-8-7-9-28-15/h7-11H,4-6,12-13H2,1-3H3,(H,21,23)(H,22,24). The molecule has 0 aliphatic heterocycles. The lowest BCUT2D eigenvalue weighted by Crippen LogP contribution is -2.36. The van der Waals surface area contributed by atoms with Crippen LogP contribution in [0, 0.1) is 0 Å². The Labute approximate surface area is 164 Å². The number of furan rings is 1. The van der Waals surface area contributed by atoms with Crippen LogP contribution in [0.3, 0.4) is 0 Å². The van der Waals surface area contributed by atoms with Crippen molar-refractivity contribution in [3.05, 3.63) is 41.9 Å². The zero-order valence-corrected chi connectivity index (χ0v) is 16.4. The molecule has 0 saturated carbocycles. The summed E-state index contributed by atoms with van der Waals surface area (Å²) < 4.78 is 22.0. The van der Waals surface area contributed by atoms with Gasteiger partial charge in [-0.1, -0.05) is 0 Å². The average molecular weight is 390 g/mol. The van der Waals surface area contributed by atoms with E-state index in [1.54, 1.807) is 24.3 Å². The number of nitrogens with one attached hydrogen (secondary N) is 2. The fraction of sp³-hybridized carbons (Fsp3) is 0.400. The normalized spacial score (nSPS) is 10.2. The number of carbonyl (C=O) groups is 2. The molecule has 0 radical (unpaired) electrons. The highest BCUT2D eigenvalue weighted by atomic mass is 16.5. The second kappa shape index (κ2) is 10.9. The molecule has 1 aromatic carbocycles. The molecule has 8 heteroatoms. The van der Waals surface area contributed by atoms with Crippen molar-refractivity contribution in [2.75, 3.05) is 26.4 Å². The fourth-order valence-electron chi connectivity index (χ4n) is 2.44. The van der Waals surface area contributed by atoms with Crippen molar-refractivity contribution >= 4 is 11.8 Å². The van der Waals surface area contributed by atoms with E-state index in [-0.39, 0.29) is 19.0 Å². The fourth-order valence-corrected chi connectivity index (χ4v) is 2.44. The van der Waals surface area contributed by atoms with Crippen LogP contribution in [0.2, 0.25) is 0 Å². The Kier molecular flexibility index (Phi) is 8.20. The quantitative estimate of drug-likeness (QED) is 0.612. The van der Waals surface area contributed by atoms with Crippen LogP contribution in [0.15, 0.2) is 34.9 Å². The zero-order chi connectivity index (χ0) is 20.4. The molecular weight excluding hydrogens is 364 g/mol. The minimum absolute atomic E-state index is 0.166. The molecule has 0 aliphatic rings. The van der Waals surface area contributed by atoms with Gasteiger partial charge in [0.1, 0.15) is 5.76 Å². The number of hydrogen-bond donors (Lipinski definition) is 2. The Morgan fingerprint density at radius 1 is 0.964 bits per heavy atom. The van der Waals surface area contributed by atoms with Gasteiger partial charge in [-0.3, -0.25) is 9.59 Å². The highest BCUT2D eigenvalue weighted by Crippen LogP contribution is 2.39. The van der Waals surface area contributed by atoms with Crippen LogP contribution < -0.4 is 24.8 Å². The Hall–Kier alpha value is -3.16. The van der Waals surface area contributed by atoms with Crippen LogP contribution in [0.25, 0.3) is 0 Å². The Bertz CT molecular complexity index is 746. The molecule has 2 amide bonds. The molecule has 0 bridgehead atoms. The van der Waals surface area contributed by atoms with Crippen LogP contribution in [0.5, 0.6) is 17.2 Å². The van der Waals surface area contributed by atoms with Crippen molar-refractivity contribution in [3.8, 4) is 17.2 Å². The van der Waals surface area contributed by atoms with E-state index in [9.17, 15) is 9.59 Å². The molecule has 0 fully saturated rings. The van der Waals surface area contributed by atoms with E-state index in [0.717, 1.165) is 0 Å². The maximum absolute atomic E-state index is 12.5. The Morgan fingerprint density at radius 2 is 1.61 bits per heavy atom. The molecule has 0 unspecified atom stereocenters. The van der Waals surface area contributed by atoms with Gasteiger partial charge in [0, 0.05) is 5.56 Å². The van der Waals surface area contributed by atoms with Crippen molar-refractivity contribution in [2.45, 2.75) is 27.3 Å². The molecule has 28 heavy (non-hydrogen) atoms. The van der Waals surface area contributed by atoms with E-state index in [1.165, 1.54) is 6.26 Å². The van der Waals surface area contributed by atoms with Gasteiger partial charge in [0.2, 0.25) is 11.7 Å². The first-order valence-corrected chi connectivity index (χ1v) is 9.22. The maximum Gasteiger partial charge on any atom is 0.251 e. The van der Waals surface area contributed by atoms with E-state index in [2.05, 4.69) is 10.6 Å². The second-order valence-electron chi connectivity index (χ2n) is 5.64. The predicted molar refractivity (Wildman–Crippen MR) is 103 cm³/mol. The third-order valence-corrected chi connectivity index (χ3v) is 3.62. The molecule has 1 heterocycles. The van der Waals surface area contributed by atoms with Gasteiger partial charge >= 0.3 is 0 Å². The molecular formula is C20H26N2O6. The van der Waals surface area contributed by atoms with Crippen LogP contribution in [-0.4, -0.2) is 38.2 Å². The van der Waals surface area contributed by atoms with Gasteiger partial charge in [0.05, 0.1) is 39.2 Å². The van der Waals surface area contributed by atoms with Gasteiger partial charge in [-0.05, 0) is 45.0 Å². The number of rotatable bonds is 11. The highest BCUT2D eigenvalue weighted by molar-refractivity contribution is 5.97. The number of carbonyl (C=O) groups excluding carboxylic acids is 2. The molecule has 2 aromatic rings. The number of benzene rings is 1. The van der Waals surface area contributed by atoms with Crippen LogP contribution >= 0.6 is 0 Å². The summed E-state index contributed by atoms with van der Waals surface area (Å²) in [6.45, 7) is 6.87.